The summed E-state index contributed by atoms with van der Waals surface area (Å²) in [6.07, 6.45) is 5.08. The van der Waals surface area contributed by atoms with Crippen LogP contribution < -0.4 is 5.32 Å². The molecule has 0 aromatic carbocycles. The highest BCUT2D eigenvalue weighted by molar-refractivity contribution is 5.87. The van der Waals surface area contributed by atoms with E-state index >= 15 is 0 Å². The number of rotatable bonds is 4. The number of hydrogen-bond acceptors (Lipinski definition) is 4. The van der Waals surface area contributed by atoms with Crippen LogP contribution in [0.3, 0.4) is 0 Å². The highest BCUT2D eigenvalue weighted by Crippen LogP contribution is 2.17. The maximum Gasteiger partial charge on any atom is 0.245 e. The fraction of sp³-hybridized carbons (Fsp3) is 0.625. The first kappa shape index (κ1) is 16.5. The van der Waals surface area contributed by atoms with Crippen molar-refractivity contribution in [3.8, 4) is 0 Å². The molecule has 24 heavy (non-hydrogen) atoms. The molecule has 0 aliphatic carbocycles. The fourth-order valence-corrected chi connectivity index (χ4v) is 3.09. The molecule has 1 saturated heterocycles. The van der Waals surface area contributed by atoms with E-state index in [4.69, 9.17) is 0 Å². The Morgan fingerprint density at radius 1 is 1.25 bits per heavy atom. The minimum Gasteiger partial charge on any atom is -0.345 e. The lowest BCUT2D eigenvalue weighted by molar-refractivity contribution is -0.134. The van der Waals surface area contributed by atoms with Crippen LogP contribution in [0.2, 0.25) is 0 Å². The second-order valence-electron chi connectivity index (χ2n) is 6.39. The molecule has 130 valence electrons. The van der Waals surface area contributed by atoms with Crippen molar-refractivity contribution in [2.75, 3.05) is 19.6 Å². The molecule has 0 bridgehead atoms. The molecule has 0 radical (unpaired) electrons. The fourth-order valence-electron chi connectivity index (χ4n) is 3.09. The molecule has 0 saturated carbocycles. The van der Waals surface area contributed by atoms with E-state index in [0.29, 0.717) is 0 Å². The number of nitrogens with one attached hydrogen (secondary N) is 1. The number of likely N-dealkylation sites (tertiary alicyclic amines) is 1. The van der Waals surface area contributed by atoms with Gasteiger partial charge in [-0.2, -0.15) is 10.2 Å². The van der Waals surface area contributed by atoms with Gasteiger partial charge in [-0.3, -0.25) is 19.0 Å². The third kappa shape index (κ3) is 3.13. The summed E-state index contributed by atoms with van der Waals surface area (Å²) in [4.78, 5) is 26.3. The molecule has 1 unspecified atom stereocenters. The number of amides is 2. The normalized spacial score (nSPS) is 16.4. The van der Waals surface area contributed by atoms with E-state index in [0.717, 1.165) is 42.7 Å². The molecule has 8 nitrogen and oxygen atoms in total. The lowest BCUT2D eigenvalue weighted by Gasteiger charge is -2.27. The summed E-state index contributed by atoms with van der Waals surface area (Å²) >= 11 is 0. The van der Waals surface area contributed by atoms with Gasteiger partial charge in [0.2, 0.25) is 11.8 Å². The Labute approximate surface area is 140 Å². The molecule has 3 heterocycles. The molecule has 3 rings (SSSR count). The largest absolute Gasteiger partial charge is 0.345 e. The van der Waals surface area contributed by atoms with Crippen LogP contribution in [0.4, 0.5) is 0 Å². The Morgan fingerprint density at radius 3 is 2.62 bits per heavy atom. The maximum atomic E-state index is 12.3. The van der Waals surface area contributed by atoms with Crippen LogP contribution in [0.1, 0.15) is 37.9 Å². The molecule has 1 atom stereocenters. The van der Waals surface area contributed by atoms with Gasteiger partial charge in [-0.25, -0.2) is 0 Å². The van der Waals surface area contributed by atoms with E-state index in [-0.39, 0.29) is 18.4 Å². The molecule has 1 N–H and O–H groups in total. The Kier molecular flexibility index (Phi) is 4.55. The second kappa shape index (κ2) is 6.62. The predicted octanol–water partition coefficient (Wildman–Crippen LogP) is 0.768. The zero-order valence-corrected chi connectivity index (χ0v) is 14.4. The van der Waals surface area contributed by atoms with Crippen molar-refractivity contribution in [2.24, 2.45) is 7.05 Å². The number of carbonyl (C=O) groups is 2. The summed E-state index contributed by atoms with van der Waals surface area (Å²) in [5, 5.41) is 11.5. The van der Waals surface area contributed by atoms with Crippen molar-refractivity contribution >= 4 is 22.8 Å². The highest BCUT2D eigenvalue weighted by Gasteiger charge is 2.21. The van der Waals surface area contributed by atoms with Gasteiger partial charge in [0.05, 0.1) is 18.4 Å². The highest BCUT2D eigenvalue weighted by atomic mass is 16.2. The van der Waals surface area contributed by atoms with Gasteiger partial charge < -0.3 is 10.2 Å². The lowest BCUT2D eigenvalue weighted by Crippen LogP contribution is -2.43. The van der Waals surface area contributed by atoms with Crippen LogP contribution in [-0.4, -0.2) is 55.9 Å². The molecule has 2 aromatic heterocycles. The van der Waals surface area contributed by atoms with E-state index in [1.165, 1.54) is 6.42 Å². The Bertz CT molecular complexity index is 722. The van der Waals surface area contributed by atoms with Crippen molar-refractivity contribution in [1.29, 1.82) is 0 Å². The number of hydrogen-bond donors (Lipinski definition) is 1. The van der Waals surface area contributed by atoms with Crippen molar-refractivity contribution in [2.45, 2.75) is 39.2 Å². The molecular weight excluding hydrogens is 308 g/mol. The minimum atomic E-state index is -0.481. The van der Waals surface area contributed by atoms with Gasteiger partial charge in [0.1, 0.15) is 17.1 Å². The average Bonchev–Trinajstić information content (AvgIpc) is 3.14. The first-order chi connectivity index (χ1) is 11.5. The maximum absolute atomic E-state index is 12.3. The monoisotopic (exact) mass is 332 g/mol. The molecule has 0 spiro atoms. The van der Waals surface area contributed by atoms with E-state index in [1.54, 1.807) is 16.3 Å². The third-order valence-corrected chi connectivity index (χ3v) is 4.60. The Morgan fingerprint density at radius 2 is 1.96 bits per heavy atom. The number of fused-ring (bicyclic) bond motifs is 1. The summed E-state index contributed by atoms with van der Waals surface area (Å²) in [6, 6.07) is -0.481. The SMILES string of the molecule is Cc1nn(C)c2cn(C(C)C(=O)NCC(=O)N3CCCCC3)nc12. The molecule has 1 aliphatic heterocycles. The average molecular weight is 332 g/mol. The zero-order valence-electron chi connectivity index (χ0n) is 14.4. The summed E-state index contributed by atoms with van der Waals surface area (Å²) in [6.45, 7) is 5.30. The van der Waals surface area contributed by atoms with Gasteiger partial charge in [0.15, 0.2) is 0 Å². The van der Waals surface area contributed by atoms with E-state index in [1.807, 2.05) is 25.1 Å². The molecule has 1 fully saturated rings. The van der Waals surface area contributed by atoms with Crippen LogP contribution in [0.15, 0.2) is 6.20 Å². The quantitative estimate of drug-likeness (QED) is 0.896. The summed E-state index contributed by atoms with van der Waals surface area (Å²) in [5.74, 6) is -0.223. The molecule has 2 aromatic rings. The lowest BCUT2D eigenvalue weighted by atomic mass is 10.1. The number of piperidine rings is 1. The Balaban J connectivity index is 1.61. The molecule has 1 aliphatic rings. The van der Waals surface area contributed by atoms with Gasteiger partial charge in [0, 0.05) is 20.1 Å². The van der Waals surface area contributed by atoms with Crippen LogP contribution in [0.5, 0.6) is 0 Å². The van der Waals surface area contributed by atoms with Gasteiger partial charge in [0.25, 0.3) is 0 Å². The summed E-state index contributed by atoms with van der Waals surface area (Å²) in [5.41, 5.74) is 2.51. The topological polar surface area (TPSA) is 85.0 Å². The van der Waals surface area contributed by atoms with Crippen molar-refractivity contribution in [3.63, 3.8) is 0 Å². The van der Waals surface area contributed by atoms with Crippen molar-refractivity contribution in [3.05, 3.63) is 11.9 Å². The predicted molar refractivity (Wildman–Crippen MR) is 89.4 cm³/mol. The van der Waals surface area contributed by atoms with Crippen LogP contribution in [0, 0.1) is 6.92 Å². The first-order valence-corrected chi connectivity index (χ1v) is 8.41. The third-order valence-electron chi connectivity index (χ3n) is 4.60. The molecular formula is C16H24N6O2. The number of carbonyl (C=O) groups excluding carboxylic acids is 2. The minimum absolute atomic E-state index is 0.0130. The van der Waals surface area contributed by atoms with Crippen molar-refractivity contribution < 1.29 is 9.59 Å². The summed E-state index contributed by atoms with van der Waals surface area (Å²) in [7, 11) is 1.85. The summed E-state index contributed by atoms with van der Waals surface area (Å²) < 4.78 is 3.37. The molecule has 2 amide bonds. The Hall–Kier alpha value is -2.38. The van der Waals surface area contributed by atoms with E-state index in [2.05, 4.69) is 15.5 Å². The van der Waals surface area contributed by atoms with E-state index < -0.39 is 6.04 Å². The number of aryl methyl sites for hydroxylation is 2. The van der Waals surface area contributed by atoms with Gasteiger partial charge in [-0.05, 0) is 33.1 Å². The van der Waals surface area contributed by atoms with Gasteiger partial charge >= 0.3 is 0 Å². The zero-order chi connectivity index (χ0) is 17.3. The van der Waals surface area contributed by atoms with E-state index in [9.17, 15) is 9.59 Å². The van der Waals surface area contributed by atoms with Crippen molar-refractivity contribution in [1.82, 2.24) is 29.8 Å². The van der Waals surface area contributed by atoms with Crippen LogP contribution in [0.25, 0.3) is 11.0 Å². The first-order valence-electron chi connectivity index (χ1n) is 8.41. The smallest absolute Gasteiger partial charge is 0.245 e. The van der Waals surface area contributed by atoms with Gasteiger partial charge in [-0.1, -0.05) is 0 Å². The number of aromatic nitrogens is 4. The van der Waals surface area contributed by atoms with Crippen LogP contribution in [-0.2, 0) is 16.6 Å². The molecule has 8 heteroatoms. The second-order valence-corrected chi connectivity index (χ2v) is 6.39. The van der Waals surface area contributed by atoms with Crippen LogP contribution >= 0.6 is 0 Å². The number of nitrogens with zero attached hydrogens (tertiary/aromatic N) is 5. The standard InChI is InChI=1S/C16H24N6O2/c1-11-15-13(20(3)18-11)10-22(19-15)12(2)16(24)17-9-14(23)21-7-5-4-6-8-21/h10,12H,4-9H2,1-3H3,(H,17,24). The van der Waals surface area contributed by atoms with Gasteiger partial charge in [-0.15, -0.1) is 0 Å².